The van der Waals surface area contributed by atoms with Gasteiger partial charge in [0, 0.05) is 51.1 Å². The summed E-state index contributed by atoms with van der Waals surface area (Å²) in [5, 5.41) is 2.97. The van der Waals surface area contributed by atoms with Crippen molar-refractivity contribution in [2.24, 2.45) is 5.92 Å². The number of rotatable bonds is 7. The van der Waals surface area contributed by atoms with Gasteiger partial charge in [0.1, 0.15) is 12.4 Å². The summed E-state index contributed by atoms with van der Waals surface area (Å²) in [5.74, 6) is 1.49. The molecule has 7 nitrogen and oxygen atoms in total. The third-order valence-electron chi connectivity index (χ3n) is 7.01. The molecule has 2 heterocycles. The van der Waals surface area contributed by atoms with Gasteiger partial charge in [-0.05, 0) is 60.2 Å². The van der Waals surface area contributed by atoms with Crippen molar-refractivity contribution in [3.8, 4) is 5.75 Å². The van der Waals surface area contributed by atoms with Crippen molar-refractivity contribution >= 4 is 11.8 Å². The van der Waals surface area contributed by atoms with Crippen LogP contribution in [0.15, 0.2) is 42.5 Å². The van der Waals surface area contributed by atoms with Crippen LogP contribution < -0.4 is 10.1 Å². The number of carbonyl (C=O) groups is 2. The Morgan fingerprint density at radius 1 is 1.03 bits per heavy atom. The van der Waals surface area contributed by atoms with Gasteiger partial charge in [-0.3, -0.25) is 14.5 Å². The van der Waals surface area contributed by atoms with Crippen molar-refractivity contribution in [3.63, 3.8) is 0 Å². The highest BCUT2D eigenvalue weighted by atomic mass is 16.5. The van der Waals surface area contributed by atoms with Crippen molar-refractivity contribution < 1.29 is 19.1 Å². The summed E-state index contributed by atoms with van der Waals surface area (Å²) in [4.78, 5) is 29.0. The van der Waals surface area contributed by atoms with Crippen LogP contribution in [0.5, 0.6) is 5.75 Å². The fraction of sp³-hybridized carbons (Fsp3) is 0.533. The van der Waals surface area contributed by atoms with Gasteiger partial charge in [0.15, 0.2) is 0 Å². The lowest BCUT2D eigenvalue weighted by molar-refractivity contribution is -0.127. The van der Waals surface area contributed by atoms with Crippen molar-refractivity contribution in [2.45, 2.75) is 46.1 Å². The fourth-order valence-corrected chi connectivity index (χ4v) is 4.88. The van der Waals surface area contributed by atoms with Crippen LogP contribution >= 0.6 is 0 Å². The van der Waals surface area contributed by atoms with Gasteiger partial charge >= 0.3 is 0 Å². The van der Waals surface area contributed by atoms with Gasteiger partial charge in [0.2, 0.25) is 5.91 Å². The number of benzene rings is 2. The molecular weight excluding hydrogens is 466 g/mol. The molecule has 0 spiro atoms. The van der Waals surface area contributed by atoms with E-state index in [4.69, 9.17) is 9.47 Å². The number of nitrogens with one attached hydrogen (secondary N) is 1. The highest BCUT2D eigenvalue weighted by Crippen LogP contribution is 2.25. The van der Waals surface area contributed by atoms with Crippen molar-refractivity contribution in [2.75, 3.05) is 52.5 Å². The minimum absolute atomic E-state index is 0.133. The number of ether oxygens (including phenoxy) is 2. The summed E-state index contributed by atoms with van der Waals surface area (Å²) >= 11 is 0. The van der Waals surface area contributed by atoms with Gasteiger partial charge in [-0.2, -0.15) is 0 Å². The minimum atomic E-state index is -0.133. The van der Waals surface area contributed by atoms with E-state index in [1.807, 2.05) is 23.1 Å². The summed E-state index contributed by atoms with van der Waals surface area (Å²) in [7, 11) is 0. The predicted octanol–water partition coefficient (Wildman–Crippen LogP) is 3.89. The van der Waals surface area contributed by atoms with Crippen LogP contribution in [-0.2, 0) is 22.5 Å². The Hall–Kier alpha value is -2.90. The smallest absolute Gasteiger partial charge is 0.251 e. The first-order valence-electron chi connectivity index (χ1n) is 13.7. The van der Waals surface area contributed by atoms with E-state index in [1.165, 1.54) is 11.1 Å². The number of hydrogen-bond acceptors (Lipinski definition) is 5. The van der Waals surface area contributed by atoms with E-state index >= 15 is 0 Å². The van der Waals surface area contributed by atoms with Crippen LogP contribution in [0.3, 0.4) is 0 Å². The Labute approximate surface area is 221 Å². The van der Waals surface area contributed by atoms with Crippen LogP contribution in [0, 0.1) is 5.92 Å². The van der Waals surface area contributed by atoms with Crippen molar-refractivity contribution in [1.82, 2.24) is 15.1 Å². The lowest BCUT2D eigenvalue weighted by atomic mass is 9.99. The second-order valence-electron chi connectivity index (χ2n) is 10.5. The molecule has 1 N–H and O–H groups in total. The maximum absolute atomic E-state index is 12.9. The van der Waals surface area contributed by atoms with E-state index in [0.29, 0.717) is 57.2 Å². The SMILES string of the molecule is CC(C)CCN1CCOCCOc2ccc(C(=O)NCCN3CCCC3=O)cc2Cc2cccc(c2)C1. The van der Waals surface area contributed by atoms with Crippen LogP contribution in [-0.4, -0.2) is 74.2 Å². The average Bonchev–Trinajstić information content (AvgIpc) is 3.29. The minimum Gasteiger partial charge on any atom is -0.491 e. The highest BCUT2D eigenvalue weighted by Gasteiger charge is 2.20. The van der Waals surface area contributed by atoms with Crippen LogP contribution in [0.2, 0.25) is 0 Å². The van der Waals surface area contributed by atoms with Crippen molar-refractivity contribution in [1.29, 1.82) is 0 Å². The first kappa shape index (κ1) is 27.1. The summed E-state index contributed by atoms with van der Waals surface area (Å²) in [6.07, 6.45) is 3.36. The Morgan fingerprint density at radius 3 is 2.70 bits per heavy atom. The molecule has 0 aliphatic carbocycles. The molecule has 0 saturated carbocycles. The van der Waals surface area contributed by atoms with Gasteiger partial charge in [0.05, 0.1) is 13.2 Å². The summed E-state index contributed by atoms with van der Waals surface area (Å²) < 4.78 is 12.0. The quantitative estimate of drug-likeness (QED) is 0.616. The fourth-order valence-electron chi connectivity index (χ4n) is 4.88. The largest absolute Gasteiger partial charge is 0.491 e. The number of likely N-dealkylation sites (tertiary alicyclic amines) is 1. The molecule has 2 bridgehead atoms. The lowest BCUT2D eigenvalue weighted by Gasteiger charge is -2.24. The molecule has 2 aromatic carbocycles. The van der Waals surface area contributed by atoms with E-state index in [1.54, 1.807) is 0 Å². The normalized spacial score (nSPS) is 17.3. The molecule has 2 aliphatic heterocycles. The number of amides is 2. The molecule has 0 unspecified atom stereocenters. The van der Waals surface area contributed by atoms with E-state index < -0.39 is 0 Å². The van der Waals surface area contributed by atoms with Crippen molar-refractivity contribution in [3.05, 3.63) is 64.7 Å². The van der Waals surface area contributed by atoms with Gasteiger partial charge in [-0.25, -0.2) is 0 Å². The van der Waals surface area contributed by atoms with Gasteiger partial charge < -0.3 is 19.7 Å². The molecule has 7 heteroatoms. The number of hydrogen-bond donors (Lipinski definition) is 1. The van der Waals surface area contributed by atoms with Gasteiger partial charge in [-0.1, -0.05) is 38.1 Å². The van der Waals surface area contributed by atoms with Gasteiger partial charge in [0.25, 0.3) is 5.91 Å². The highest BCUT2D eigenvalue weighted by molar-refractivity contribution is 5.94. The Kier molecular flexibility index (Phi) is 9.97. The molecule has 0 aromatic heterocycles. The molecule has 0 radical (unpaired) electrons. The maximum atomic E-state index is 12.9. The third kappa shape index (κ3) is 8.30. The summed E-state index contributed by atoms with van der Waals surface area (Å²) in [6, 6.07) is 14.3. The zero-order valence-corrected chi connectivity index (χ0v) is 22.3. The molecule has 4 rings (SSSR count). The molecule has 2 amide bonds. The standard InChI is InChI=1S/C30H41N3O4/c1-23(2)10-13-32-15-16-36-17-18-37-28-9-8-26(30(35)31-11-14-33-12-4-7-29(33)34)21-27(28)20-24-5-3-6-25(19-24)22-32/h3,5-6,8-9,19,21,23H,4,7,10-18,20,22H2,1-2H3,(H,31,35). The molecular formula is C30H41N3O4. The maximum Gasteiger partial charge on any atom is 0.251 e. The van der Waals surface area contributed by atoms with Crippen LogP contribution in [0.4, 0.5) is 0 Å². The number of carbonyl (C=O) groups excluding carboxylic acids is 2. The van der Waals surface area contributed by atoms with E-state index in [2.05, 4.69) is 48.3 Å². The van der Waals surface area contributed by atoms with E-state index in [0.717, 1.165) is 50.3 Å². The second-order valence-corrected chi connectivity index (χ2v) is 10.5. The zero-order valence-electron chi connectivity index (χ0n) is 22.3. The topological polar surface area (TPSA) is 71.1 Å². The zero-order chi connectivity index (χ0) is 26.0. The van der Waals surface area contributed by atoms with Crippen LogP contribution in [0.1, 0.15) is 60.2 Å². The first-order valence-corrected chi connectivity index (χ1v) is 13.7. The molecule has 200 valence electrons. The van der Waals surface area contributed by atoms with Gasteiger partial charge in [-0.15, -0.1) is 0 Å². The average molecular weight is 508 g/mol. The summed E-state index contributed by atoms with van der Waals surface area (Å²) in [5.41, 5.74) is 4.06. The monoisotopic (exact) mass is 507 g/mol. The lowest BCUT2D eigenvalue weighted by Crippen LogP contribution is -2.35. The number of nitrogens with zero attached hydrogens (tertiary/aromatic N) is 2. The third-order valence-corrected chi connectivity index (χ3v) is 7.01. The van der Waals surface area contributed by atoms with E-state index in [-0.39, 0.29) is 11.8 Å². The summed E-state index contributed by atoms with van der Waals surface area (Å²) in [6.45, 7) is 10.8. The second kappa shape index (κ2) is 13.6. The molecule has 37 heavy (non-hydrogen) atoms. The Balaban J connectivity index is 1.47. The predicted molar refractivity (Wildman–Crippen MR) is 145 cm³/mol. The number of fused-ring (bicyclic) bond motifs is 3. The Morgan fingerprint density at radius 2 is 1.89 bits per heavy atom. The Bertz CT molecular complexity index is 1050. The molecule has 1 fully saturated rings. The van der Waals surface area contributed by atoms with Crippen LogP contribution in [0.25, 0.3) is 0 Å². The molecule has 2 aliphatic rings. The van der Waals surface area contributed by atoms with E-state index in [9.17, 15) is 9.59 Å². The molecule has 2 aromatic rings. The first-order chi connectivity index (χ1) is 18.0. The molecule has 0 atom stereocenters. The molecule has 1 saturated heterocycles.